The maximum atomic E-state index is 13.0. The van der Waals surface area contributed by atoms with Crippen molar-refractivity contribution in [1.29, 1.82) is 0 Å². The van der Waals surface area contributed by atoms with E-state index in [0.29, 0.717) is 17.0 Å². The Labute approximate surface area is 197 Å². The summed E-state index contributed by atoms with van der Waals surface area (Å²) in [5.74, 6) is -0.530. The first-order valence-electron chi connectivity index (χ1n) is 10.8. The molecule has 34 heavy (non-hydrogen) atoms. The predicted molar refractivity (Wildman–Crippen MR) is 131 cm³/mol. The molecule has 3 aromatic carbocycles. The van der Waals surface area contributed by atoms with Crippen molar-refractivity contribution >= 4 is 28.3 Å². The van der Waals surface area contributed by atoms with Crippen LogP contribution in [-0.2, 0) is 16.1 Å². The van der Waals surface area contributed by atoms with Crippen LogP contribution in [0.5, 0.6) is 5.75 Å². The molecule has 3 N–H and O–H groups in total. The van der Waals surface area contributed by atoms with E-state index in [0.717, 1.165) is 21.9 Å². The van der Waals surface area contributed by atoms with Crippen molar-refractivity contribution in [2.45, 2.75) is 12.5 Å². The number of nitrogens with one attached hydrogen (secondary N) is 1. The molecular formula is C27H25N3O4. The Morgan fingerprint density at radius 1 is 1.00 bits per heavy atom. The minimum Gasteiger partial charge on any atom is -0.497 e. The largest absolute Gasteiger partial charge is 0.497 e. The van der Waals surface area contributed by atoms with Gasteiger partial charge in [-0.2, -0.15) is 0 Å². The lowest BCUT2D eigenvalue weighted by molar-refractivity contribution is -0.117. The smallest absolute Gasteiger partial charge is 0.338 e. The van der Waals surface area contributed by atoms with Crippen LogP contribution in [-0.4, -0.2) is 30.5 Å². The Balaban J connectivity index is 1.42. The van der Waals surface area contributed by atoms with Gasteiger partial charge in [0.1, 0.15) is 12.4 Å². The number of anilines is 1. The van der Waals surface area contributed by atoms with Crippen molar-refractivity contribution in [1.82, 2.24) is 4.98 Å². The zero-order valence-corrected chi connectivity index (χ0v) is 18.7. The van der Waals surface area contributed by atoms with Gasteiger partial charge in [-0.25, -0.2) is 4.79 Å². The average Bonchev–Trinajstić information content (AvgIpc) is 2.88. The number of carbonyl (C=O) groups excluding carboxylic acids is 2. The van der Waals surface area contributed by atoms with Crippen LogP contribution in [0.2, 0.25) is 0 Å². The molecule has 1 aromatic heterocycles. The fourth-order valence-corrected chi connectivity index (χ4v) is 3.64. The lowest BCUT2D eigenvalue weighted by Crippen LogP contribution is -2.27. The molecular weight excluding hydrogens is 430 g/mol. The molecule has 7 heteroatoms. The molecule has 1 unspecified atom stereocenters. The van der Waals surface area contributed by atoms with Crippen LogP contribution in [0.1, 0.15) is 27.4 Å². The molecule has 0 radical (unpaired) electrons. The second-order valence-electron chi connectivity index (χ2n) is 7.76. The number of methoxy groups -OCH3 is 1. The molecule has 7 nitrogen and oxygen atoms in total. The Morgan fingerprint density at radius 3 is 2.59 bits per heavy atom. The highest BCUT2D eigenvalue weighted by molar-refractivity contribution is 5.98. The topological polar surface area (TPSA) is 104 Å². The maximum Gasteiger partial charge on any atom is 0.338 e. The van der Waals surface area contributed by atoms with Crippen molar-refractivity contribution in [3.63, 3.8) is 0 Å². The summed E-state index contributed by atoms with van der Waals surface area (Å²) in [7, 11) is 1.56. The number of benzene rings is 3. The minimum atomic E-state index is -0.551. The van der Waals surface area contributed by atoms with Gasteiger partial charge in [-0.15, -0.1) is 0 Å². The first-order valence-corrected chi connectivity index (χ1v) is 10.8. The number of esters is 1. The first-order chi connectivity index (χ1) is 16.6. The van der Waals surface area contributed by atoms with Gasteiger partial charge in [0.05, 0.1) is 18.6 Å². The third-order valence-corrected chi connectivity index (χ3v) is 5.51. The van der Waals surface area contributed by atoms with Gasteiger partial charge in [0.25, 0.3) is 0 Å². The van der Waals surface area contributed by atoms with Crippen LogP contribution in [0, 0.1) is 0 Å². The van der Waals surface area contributed by atoms with Crippen molar-refractivity contribution in [3.05, 3.63) is 102 Å². The number of carbonyl (C=O) groups is 2. The minimum absolute atomic E-state index is 0.0797. The van der Waals surface area contributed by atoms with Gasteiger partial charge in [-0.05, 0) is 59.0 Å². The highest BCUT2D eigenvalue weighted by Gasteiger charge is 2.20. The molecule has 1 atom stereocenters. The number of ether oxygens (including phenoxy) is 2. The second-order valence-corrected chi connectivity index (χ2v) is 7.76. The standard InChI is InChI=1S/C27H25N3O4/c1-33-24-9-6-19(7-10-24)27(32)34-17-18-3-2-4-21(13-18)25(15-28)26(31)30-23-8-5-22-16-29-12-11-20(22)14-23/h2-14,16,25H,15,17,28H2,1H3,(H,30,31). The number of nitrogens with zero attached hydrogens (tertiary/aromatic N) is 1. The van der Waals surface area contributed by atoms with Gasteiger partial charge in [-0.3, -0.25) is 9.78 Å². The summed E-state index contributed by atoms with van der Waals surface area (Å²) in [6.07, 6.45) is 3.49. The number of rotatable bonds is 8. The van der Waals surface area contributed by atoms with Crippen LogP contribution in [0.4, 0.5) is 5.69 Å². The fourth-order valence-electron chi connectivity index (χ4n) is 3.64. The van der Waals surface area contributed by atoms with Crippen LogP contribution in [0.3, 0.4) is 0 Å². The molecule has 1 amide bonds. The van der Waals surface area contributed by atoms with E-state index in [1.165, 1.54) is 0 Å². The van der Waals surface area contributed by atoms with E-state index in [9.17, 15) is 9.59 Å². The van der Waals surface area contributed by atoms with Crippen LogP contribution in [0.25, 0.3) is 10.8 Å². The summed E-state index contributed by atoms with van der Waals surface area (Å²) in [5.41, 5.74) is 8.60. The van der Waals surface area contributed by atoms with Gasteiger partial charge in [0, 0.05) is 30.0 Å². The van der Waals surface area contributed by atoms with Gasteiger partial charge < -0.3 is 20.5 Å². The van der Waals surface area contributed by atoms with Gasteiger partial charge >= 0.3 is 5.97 Å². The van der Waals surface area contributed by atoms with Crippen LogP contribution in [0.15, 0.2) is 85.2 Å². The van der Waals surface area contributed by atoms with E-state index in [4.69, 9.17) is 15.2 Å². The van der Waals surface area contributed by atoms with E-state index in [-0.39, 0.29) is 19.1 Å². The van der Waals surface area contributed by atoms with Crippen molar-refractivity contribution in [2.24, 2.45) is 5.73 Å². The molecule has 172 valence electrons. The molecule has 0 spiro atoms. The van der Waals surface area contributed by atoms with Gasteiger partial charge in [-0.1, -0.05) is 30.3 Å². The zero-order chi connectivity index (χ0) is 23.9. The van der Waals surface area contributed by atoms with Crippen LogP contribution >= 0.6 is 0 Å². The number of hydrogen-bond donors (Lipinski definition) is 2. The molecule has 0 aliphatic heterocycles. The monoisotopic (exact) mass is 455 g/mol. The summed E-state index contributed by atoms with van der Waals surface area (Å²) < 4.78 is 10.5. The number of pyridine rings is 1. The van der Waals surface area contributed by atoms with E-state index >= 15 is 0 Å². The van der Waals surface area contributed by atoms with E-state index in [1.54, 1.807) is 43.8 Å². The summed E-state index contributed by atoms with van der Waals surface area (Å²) in [6.45, 7) is 0.217. The predicted octanol–water partition coefficient (Wildman–Crippen LogP) is 4.28. The Kier molecular flexibility index (Phi) is 7.15. The Morgan fingerprint density at radius 2 is 1.82 bits per heavy atom. The van der Waals surface area contributed by atoms with Crippen LogP contribution < -0.4 is 15.8 Å². The molecule has 0 saturated heterocycles. The molecule has 1 heterocycles. The van der Waals surface area contributed by atoms with Crippen molar-refractivity contribution in [3.8, 4) is 5.75 Å². The number of amides is 1. The highest BCUT2D eigenvalue weighted by Crippen LogP contribution is 2.22. The van der Waals surface area contributed by atoms with Crippen molar-refractivity contribution < 1.29 is 19.1 Å². The van der Waals surface area contributed by atoms with E-state index in [2.05, 4.69) is 10.3 Å². The SMILES string of the molecule is COc1ccc(C(=O)OCc2cccc(C(CN)C(=O)Nc3ccc4cnccc4c3)c2)cc1. The normalized spacial score (nSPS) is 11.6. The molecule has 0 aliphatic carbocycles. The number of fused-ring (bicyclic) bond motifs is 1. The Bertz CT molecular complexity index is 1300. The first kappa shape index (κ1) is 22.9. The summed E-state index contributed by atoms with van der Waals surface area (Å²) in [4.78, 5) is 29.4. The Hall–Kier alpha value is -4.23. The third kappa shape index (κ3) is 5.39. The average molecular weight is 456 g/mol. The molecule has 0 aliphatic rings. The molecule has 0 saturated carbocycles. The summed E-state index contributed by atoms with van der Waals surface area (Å²) in [6, 6.07) is 21.6. The summed E-state index contributed by atoms with van der Waals surface area (Å²) >= 11 is 0. The number of aromatic nitrogens is 1. The van der Waals surface area contributed by atoms with Gasteiger partial charge in [0.15, 0.2) is 0 Å². The second kappa shape index (κ2) is 10.6. The molecule has 4 aromatic rings. The molecule has 0 bridgehead atoms. The quantitative estimate of drug-likeness (QED) is 0.384. The number of hydrogen-bond acceptors (Lipinski definition) is 6. The summed E-state index contributed by atoms with van der Waals surface area (Å²) in [5, 5.41) is 4.93. The lowest BCUT2D eigenvalue weighted by atomic mass is 9.96. The third-order valence-electron chi connectivity index (χ3n) is 5.51. The van der Waals surface area contributed by atoms with E-state index < -0.39 is 11.9 Å². The zero-order valence-electron chi connectivity index (χ0n) is 18.7. The molecule has 0 fully saturated rings. The molecule has 4 rings (SSSR count). The maximum absolute atomic E-state index is 13.0. The van der Waals surface area contributed by atoms with Crippen molar-refractivity contribution in [2.75, 3.05) is 19.0 Å². The van der Waals surface area contributed by atoms with E-state index in [1.807, 2.05) is 48.5 Å². The lowest BCUT2D eigenvalue weighted by Gasteiger charge is -2.17. The number of nitrogens with two attached hydrogens (primary N) is 1. The fraction of sp³-hybridized carbons (Fsp3) is 0.148. The highest BCUT2D eigenvalue weighted by atomic mass is 16.5. The van der Waals surface area contributed by atoms with Gasteiger partial charge in [0.2, 0.25) is 5.91 Å².